The molecule has 2 aromatic rings. The Morgan fingerprint density at radius 1 is 1.03 bits per heavy atom. The fourth-order valence-corrected chi connectivity index (χ4v) is 4.32. The predicted molar refractivity (Wildman–Crippen MR) is 140 cm³/mol. The van der Waals surface area contributed by atoms with Gasteiger partial charge in [-0.15, -0.1) is 0 Å². The van der Waals surface area contributed by atoms with E-state index in [1.807, 2.05) is 6.92 Å². The van der Waals surface area contributed by atoms with Crippen molar-refractivity contribution < 1.29 is 0 Å². The van der Waals surface area contributed by atoms with Crippen molar-refractivity contribution in [3.8, 4) is 0 Å². The number of anilines is 1. The van der Waals surface area contributed by atoms with Gasteiger partial charge in [0.15, 0.2) is 5.82 Å². The third-order valence-corrected chi connectivity index (χ3v) is 6.90. The molecule has 6 heteroatoms. The van der Waals surface area contributed by atoms with Crippen molar-refractivity contribution in [3.05, 3.63) is 51.2 Å². The molecule has 2 unspecified atom stereocenters. The summed E-state index contributed by atoms with van der Waals surface area (Å²) in [4.78, 5) is 25.8. The van der Waals surface area contributed by atoms with E-state index in [2.05, 4.69) is 71.6 Å². The summed E-state index contributed by atoms with van der Waals surface area (Å²) in [5.74, 6) is 0.967. The summed E-state index contributed by atoms with van der Waals surface area (Å²) in [5, 5.41) is 4.76. The van der Waals surface area contributed by atoms with E-state index in [0.29, 0.717) is 12.2 Å². The van der Waals surface area contributed by atoms with Crippen molar-refractivity contribution in [3.63, 3.8) is 0 Å². The first-order valence-electron chi connectivity index (χ1n) is 12.5. The summed E-state index contributed by atoms with van der Waals surface area (Å²) in [6.07, 6.45) is 2.50. The van der Waals surface area contributed by atoms with Crippen LogP contribution in [0.1, 0.15) is 89.9 Å². The first-order valence-corrected chi connectivity index (χ1v) is 12.5. The van der Waals surface area contributed by atoms with Crippen LogP contribution in [0.4, 0.5) is 11.4 Å². The molecule has 33 heavy (non-hydrogen) atoms. The van der Waals surface area contributed by atoms with Crippen LogP contribution in [0.5, 0.6) is 0 Å². The number of fused-ring (bicyclic) bond motifs is 1. The van der Waals surface area contributed by atoms with Gasteiger partial charge in [0.25, 0.3) is 5.56 Å². The molecule has 0 aliphatic carbocycles. The molecule has 1 aromatic carbocycles. The Hall–Kier alpha value is -2.76. The van der Waals surface area contributed by atoms with Gasteiger partial charge in [0.2, 0.25) is 0 Å². The van der Waals surface area contributed by atoms with E-state index in [1.54, 1.807) is 0 Å². The molecule has 0 saturated heterocycles. The Bertz CT molecular complexity index is 1120. The van der Waals surface area contributed by atoms with Crippen LogP contribution < -0.4 is 10.5 Å². The largest absolute Gasteiger partial charge is 0.372 e. The van der Waals surface area contributed by atoms with E-state index < -0.39 is 0 Å². The molecule has 6 nitrogen and oxygen atoms in total. The standard InChI is InChI=1S/C27H39N5O/c1-9-17(6)23-21(11-3)27(33)32-26(29-23)25(24(30-32)18(7)10-2)28-22-15-14-20(16-19(22)8)31(12-4)13-5/h14-18H,9-13H2,1-8H3. The Kier molecular flexibility index (Phi) is 7.88. The predicted octanol–water partition coefficient (Wildman–Crippen LogP) is 5.86. The molecule has 0 saturated carbocycles. The number of aromatic nitrogens is 2. The third kappa shape index (κ3) is 4.66. The molecule has 0 N–H and O–H groups in total. The van der Waals surface area contributed by atoms with Crippen molar-refractivity contribution in [1.29, 1.82) is 0 Å². The van der Waals surface area contributed by atoms with E-state index in [1.165, 1.54) is 10.4 Å². The highest BCUT2D eigenvalue weighted by Gasteiger charge is 2.31. The van der Waals surface area contributed by atoms with Gasteiger partial charge in [0.05, 0.1) is 17.1 Å². The van der Waals surface area contributed by atoms with E-state index >= 15 is 0 Å². The molecule has 0 radical (unpaired) electrons. The molecule has 178 valence electrons. The van der Waals surface area contributed by atoms with Crippen LogP contribution in [-0.4, -0.2) is 34.2 Å². The second-order valence-electron chi connectivity index (χ2n) is 8.98. The maximum atomic E-state index is 13.4. The van der Waals surface area contributed by atoms with Crippen molar-refractivity contribution >= 4 is 22.8 Å². The SMILES string of the molecule is CCc1c(C(C)CC)nc2n(c1=O)N=C(C(C)CC)C2=Nc1ccc(N(CC)CC)cc1C. The van der Waals surface area contributed by atoms with Gasteiger partial charge < -0.3 is 4.90 Å². The van der Waals surface area contributed by atoms with Gasteiger partial charge in [-0.05, 0) is 69.7 Å². The topological polar surface area (TPSA) is 62.9 Å². The highest BCUT2D eigenvalue weighted by atomic mass is 16.1. The summed E-state index contributed by atoms with van der Waals surface area (Å²) >= 11 is 0. The highest BCUT2D eigenvalue weighted by molar-refractivity contribution is 6.49. The number of benzene rings is 1. The Morgan fingerprint density at radius 2 is 1.70 bits per heavy atom. The van der Waals surface area contributed by atoms with Crippen LogP contribution in [0.15, 0.2) is 33.1 Å². The van der Waals surface area contributed by atoms with Gasteiger partial charge >= 0.3 is 0 Å². The second-order valence-corrected chi connectivity index (χ2v) is 8.98. The molecular formula is C27H39N5O. The smallest absolute Gasteiger partial charge is 0.277 e. The average Bonchev–Trinajstić information content (AvgIpc) is 3.18. The maximum Gasteiger partial charge on any atom is 0.277 e. The molecule has 3 rings (SSSR count). The van der Waals surface area contributed by atoms with Crippen LogP contribution in [-0.2, 0) is 6.42 Å². The van der Waals surface area contributed by atoms with E-state index in [0.717, 1.165) is 59.9 Å². The van der Waals surface area contributed by atoms with E-state index in [-0.39, 0.29) is 17.4 Å². The number of nitrogens with zero attached hydrogens (tertiary/aromatic N) is 5. The summed E-state index contributed by atoms with van der Waals surface area (Å²) in [6.45, 7) is 18.9. The lowest BCUT2D eigenvalue weighted by Crippen LogP contribution is -2.28. The van der Waals surface area contributed by atoms with Crippen molar-refractivity contribution in [2.24, 2.45) is 16.0 Å². The lowest BCUT2D eigenvalue weighted by molar-refractivity contribution is 0.662. The lowest BCUT2D eigenvalue weighted by atomic mass is 9.97. The minimum Gasteiger partial charge on any atom is -0.372 e. The summed E-state index contributed by atoms with van der Waals surface area (Å²) in [6, 6.07) is 6.38. The first-order chi connectivity index (χ1) is 15.8. The number of hydrogen-bond acceptors (Lipinski definition) is 5. The highest BCUT2D eigenvalue weighted by Crippen LogP contribution is 2.28. The summed E-state index contributed by atoms with van der Waals surface area (Å²) in [5.41, 5.74) is 6.36. The van der Waals surface area contributed by atoms with E-state index in [4.69, 9.17) is 15.1 Å². The fraction of sp³-hybridized carbons (Fsp3) is 0.556. The number of hydrogen-bond donors (Lipinski definition) is 0. The van der Waals surface area contributed by atoms with Gasteiger partial charge in [0, 0.05) is 30.3 Å². The van der Waals surface area contributed by atoms with Crippen molar-refractivity contribution in [1.82, 2.24) is 9.66 Å². The molecule has 2 atom stereocenters. The van der Waals surface area contributed by atoms with Gasteiger partial charge in [-0.1, -0.05) is 34.6 Å². The number of aliphatic imine (C=N–C) groups is 1. The normalized spacial score (nSPS) is 16.0. The van der Waals surface area contributed by atoms with Gasteiger partial charge in [0.1, 0.15) is 5.71 Å². The van der Waals surface area contributed by atoms with Crippen molar-refractivity contribution in [2.75, 3.05) is 18.0 Å². The molecule has 1 aliphatic rings. The molecule has 1 aliphatic heterocycles. The lowest BCUT2D eigenvalue weighted by Gasteiger charge is -2.21. The zero-order valence-electron chi connectivity index (χ0n) is 21.6. The van der Waals surface area contributed by atoms with Crippen LogP contribution in [0.3, 0.4) is 0 Å². The molecule has 0 amide bonds. The van der Waals surface area contributed by atoms with Crippen LogP contribution >= 0.6 is 0 Å². The number of aryl methyl sites for hydroxylation is 1. The molecular weight excluding hydrogens is 410 g/mol. The van der Waals surface area contributed by atoms with Crippen LogP contribution in [0, 0.1) is 12.8 Å². The molecule has 0 fully saturated rings. The molecule has 1 aromatic heterocycles. The number of rotatable bonds is 9. The molecule has 0 bridgehead atoms. The minimum absolute atomic E-state index is 0.0580. The minimum atomic E-state index is -0.0580. The van der Waals surface area contributed by atoms with Gasteiger partial charge in [-0.3, -0.25) is 4.79 Å². The monoisotopic (exact) mass is 449 g/mol. The van der Waals surface area contributed by atoms with Gasteiger partial charge in [-0.25, -0.2) is 9.98 Å². The molecule has 0 spiro atoms. The second kappa shape index (κ2) is 10.4. The van der Waals surface area contributed by atoms with Crippen LogP contribution in [0.25, 0.3) is 0 Å². The zero-order valence-corrected chi connectivity index (χ0v) is 21.6. The van der Waals surface area contributed by atoms with Crippen molar-refractivity contribution in [2.45, 2.75) is 80.6 Å². The summed E-state index contributed by atoms with van der Waals surface area (Å²) < 4.78 is 1.49. The third-order valence-electron chi connectivity index (χ3n) is 6.90. The molecule has 2 heterocycles. The fourth-order valence-electron chi connectivity index (χ4n) is 4.32. The van der Waals surface area contributed by atoms with E-state index in [9.17, 15) is 4.79 Å². The zero-order chi connectivity index (χ0) is 24.3. The summed E-state index contributed by atoms with van der Waals surface area (Å²) in [7, 11) is 0. The van der Waals surface area contributed by atoms with Gasteiger partial charge in [-0.2, -0.15) is 9.78 Å². The Morgan fingerprint density at radius 3 is 2.24 bits per heavy atom. The Labute approximate surface area is 198 Å². The maximum absolute atomic E-state index is 13.4. The first kappa shape index (κ1) is 24.9. The quantitative estimate of drug-likeness (QED) is 0.482. The average molecular weight is 450 g/mol. The van der Waals surface area contributed by atoms with Crippen LogP contribution in [0.2, 0.25) is 0 Å². The Balaban J connectivity index is 2.21.